The highest BCUT2D eigenvalue weighted by Crippen LogP contribution is 2.17. The summed E-state index contributed by atoms with van der Waals surface area (Å²) >= 11 is 3.28. The van der Waals surface area contributed by atoms with Gasteiger partial charge in [0.1, 0.15) is 5.82 Å². The van der Waals surface area contributed by atoms with Crippen LogP contribution in [0.15, 0.2) is 52.1 Å². The molecule has 0 saturated heterocycles. The summed E-state index contributed by atoms with van der Waals surface area (Å²) in [6, 6.07) is 10.6. The standard InChI is InChI=1S/C14H11BrFN3O2/c15-9-3-1-2-8(6-9)14(20)18-10-4-5-12(16)11(7-10)13(17)19-21/h1-7,21H,(H2,17,19)(H,18,20). The van der Waals surface area contributed by atoms with E-state index in [0.717, 1.165) is 10.5 Å². The van der Waals surface area contributed by atoms with Gasteiger partial charge in [-0.3, -0.25) is 4.79 Å². The van der Waals surface area contributed by atoms with E-state index in [4.69, 9.17) is 10.9 Å². The number of carbonyl (C=O) groups excluding carboxylic acids is 1. The molecular weight excluding hydrogens is 341 g/mol. The van der Waals surface area contributed by atoms with E-state index in [1.54, 1.807) is 24.3 Å². The monoisotopic (exact) mass is 351 g/mol. The molecule has 0 aliphatic heterocycles. The highest BCUT2D eigenvalue weighted by Gasteiger charge is 2.11. The zero-order chi connectivity index (χ0) is 15.4. The van der Waals surface area contributed by atoms with Crippen LogP contribution in [0.5, 0.6) is 0 Å². The Kier molecular flexibility index (Phi) is 4.54. The molecule has 2 rings (SSSR count). The van der Waals surface area contributed by atoms with Gasteiger partial charge in [0.2, 0.25) is 0 Å². The molecule has 0 heterocycles. The van der Waals surface area contributed by atoms with Crippen LogP contribution in [0, 0.1) is 5.82 Å². The number of oxime groups is 1. The van der Waals surface area contributed by atoms with Gasteiger partial charge in [-0.1, -0.05) is 27.2 Å². The van der Waals surface area contributed by atoms with Crippen molar-refractivity contribution >= 4 is 33.4 Å². The van der Waals surface area contributed by atoms with Crippen LogP contribution in [0.25, 0.3) is 0 Å². The Morgan fingerprint density at radius 3 is 2.71 bits per heavy atom. The number of amides is 1. The second-order valence-electron chi connectivity index (χ2n) is 4.14. The van der Waals surface area contributed by atoms with Crippen molar-refractivity contribution in [1.82, 2.24) is 0 Å². The molecule has 0 fully saturated rings. The Morgan fingerprint density at radius 1 is 1.29 bits per heavy atom. The van der Waals surface area contributed by atoms with Gasteiger partial charge in [-0.25, -0.2) is 4.39 Å². The van der Waals surface area contributed by atoms with Gasteiger partial charge in [-0.05, 0) is 36.4 Å². The van der Waals surface area contributed by atoms with Gasteiger partial charge >= 0.3 is 0 Å². The van der Waals surface area contributed by atoms with E-state index >= 15 is 0 Å². The molecule has 0 radical (unpaired) electrons. The lowest BCUT2D eigenvalue weighted by atomic mass is 10.1. The number of anilines is 1. The molecule has 0 unspecified atom stereocenters. The van der Waals surface area contributed by atoms with E-state index in [2.05, 4.69) is 26.4 Å². The van der Waals surface area contributed by atoms with Crippen LogP contribution >= 0.6 is 15.9 Å². The molecule has 2 aromatic rings. The molecule has 108 valence electrons. The minimum atomic E-state index is -0.647. The Balaban J connectivity index is 2.26. The van der Waals surface area contributed by atoms with E-state index in [1.165, 1.54) is 12.1 Å². The van der Waals surface area contributed by atoms with Crippen molar-refractivity contribution in [2.24, 2.45) is 10.9 Å². The quantitative estimate of drug-likeness (QED) is 0.344. The van der Waals surface area contributed by atoms with Gasteiger partial charge in [0.25, 0.3) is 5.91 Å². The zero-order valence-corrected chi connectivity index (χ0v) is 12.3. The highest BCUT2D eigenvalue weighted by molar-refractivity contribution is 9.10. The third-order valence-corrected chi connectivity index (χ3v) is 3.19. The fourth-order valence-corrected chi connectivity index (χ4v) is 2.09. The Bertz CT molecular complexity index is 719. The molecule has 0 aliphatic carbocycles. The van der Waals surface area contributed by atoms with E-state index in [0.29, 0.717) is 11.3 Å². The van der Waals surface area contributed by atoms with Crippen LogP contribution in [-0.4, -0.2) is 17.0 Å². The number of hydrogen-bond donors (Lipinski definition) is 3. The summed E-state index contributed by atoms with van der Waals surface area (Å²) < 4.78 is 14.3. The number of hydrogen-bond acceptors (Lipinski definition) is 3. The largest absolute Gasteiger partial charge is 0.409 e. The molecule has 2 aromatic carbocycles. The van der Waals surface area contributed by atoms with Crippen LogP contribution < -0.4 is 11.1 Å². The van der Waals surface area contributed by atoms with Crippen molar-refractivity contribution in [3.63, 3.8) is 0 Å². The molecule has 21 heavy (non-hydrogen) atoms. The Hall–Kier alpha value is -2.41. The minimum absolute atomic E-state index is 0.0930. The van der Waals surface area contributed by atoms with Crippen molar-refractivity contribution in [1.29, 1.82) is 0 Å². The van der Waals surface area contributed by atoms with E-state index < -0.39 is 5.82 Å². The normalized spacial score (nSPS) is 11.2. The van der Waals surface area contributed by atoms with E-state index in [1.807, 2.05) is 0 Å². The Morgan fingerprint density at radius 2 is 2.05 bits per heavy atom. The fraction of sp³-hybridized carbons (Fsp3) is 0. The third-order valence-electron chi connectivity index (χ3n) is 2.69. The second-order valence-corrected chi connectivity index (χ2v) is 5.06. The van der Waals surface area contributed by atoms with Gasteiger partial charge in [0.15, 0.2) is 5.84 Å². The van der Waals surface area contributed by atoms with Crippen molar-refractivity contribution in [2.75, 3.05) is 5.32 Å². The first kappa shape index (κ1) is 15.0. The first-order valence-electron chi connectivity index (χ1n) is 5.85. The highest BCUT2D eigenvalue weighted by atomic mass is 79.9. The van der Waals surface area contributed by atoms with E-state index in [9.17, 15) is 9.18 Å². The number of benzene rings is 2. The summed E-state index contributed by atoms with van der Waals surface area (Å²) in [5, 5.41) is 14.0. The van der Waals surface area contributed by atoms with Crippen LogP contribution in [0.2, 0.25) is 0 Å². The third kappa shape index (κ3) is 3.57. The number of rotatable bonds is 3. The maximum atomic E-state index is 13.5. The molecule has 4 N–H and O–H groups in total. The molecule has 0 aliphatic rings. The molecule has 0 saturated carbocycles. The molecule has 0 bridgehead atoms. The maximum Gasteiger partial charge on any atom is 0.255 e. The molecule has 0 aromatic heterocycles. The summed E-state index contributed by atoms with van der Waals surface area (Å²) in [5.41, 5.74) is 6.05. The Labute approximate surface area is 128 Å². The molecule has 1 amide bonds. The summed E-state index contributed by atoms with van der Waals surface area (Å²) in [4.78, 5) is 12.1. The van der Waals surface area contributed by atoms with Crippen LogP contribution in [0.4, 0.5) is 10.1 Å². The van der Waals surface area contributed by atoms with Gasteiger partial charge in [-0.2, -0.15) is 0 Å². The number of amidine groups is 1. The van der Waals surface area contributed by atoms with Crippen molar-refractivity contribution in [3.8, 4) is 0 Å². The van der Waals surface area contributed by atoms with Gasteiger partial charge < -0.3 is 16.3 Å². The van der Waals surface area contributed by atoms with Gasteiger partial charge in [0.05, 0.1) is 5.56 Å². The first-order chi connectivity index (χ1) is 10.0. The maximum absolute atomic E-state index is 13.5. The van der Waals surface area contributed by atoms with Crippen molar-refractivity contribution in [3.05, 3.63) is 63.9 Å². The lowest BCUT2D eigenvalue weighted by Gasteiger charge is -2.08. The first-order valence-corrected chi connectivity index (χ1v) is 6.65. The molecule has 5 nitrogen and oxygen atoms in total. The lowest BCUT2D eigenvalue weighted by Crippen LogP contribution is -2.17. The summed E-state index contributed by atoms with van der Waals surface area (Å²) in [6.45, 7) is 0. The number of nitrogens with one attached hydrogen (secondary N) is 1. The number of carbonyl (C=O) groups is 1. The number of halogens is 2. The second kappa shape index (κ2) is 6.36. The average Bonchev–Trinajstić information content (AvgIpc) is 2.48. The number of nitrogens with zero attached hydrogens (tertiary/aromatic N) is 1. The van der Waals surface area contributed by atoms with E-state index in [-0.39, 0.29) is 17.3 Å². The minimum Gasteiger partial charge on any atom is -0.409 e. The topological polar surface area (TPSA) is 87.7 Å². The van der Waals surface area contributed by atoms with Gasteiger partial charge in [0, 0.05) is 15.7 Å². The SMILES string of the molecule is NC(=NO)c1cc(NC(=O)c2cccc(Br)c2)ccc1F. The summed E-state index contributed by atoms with van der Waals surface area (Å²) in [7, 11) is 0. The zero-order valence-electron chi connectivity index (χ0n) is 10.7. The predicted octanol–water partition coefficient (Wildman–Crippen LogP) is 2.94. The number of nitrogens with two attached hydrogens (primary N) is 1. The fourth-order valence-electron chi connectivity index (χ4n) is 1.69. The summed E-state index contributed by atoms with van der Waals surface area (Å²) in [5.74, 6) is -1.37. The van der Waals surface area contributed by atoms with Crippen molar-refractivity contribution < 1.29 is 14.4 Å². The summed E-state index contributed by atoms with van der Waals surface area (Å²) in [6.07, 6.45) is 0. The molecular formula is C14H11BrFN3O2. The molecule has 7 heteroatoms. The van der Waals surface area contributed by atoms with Crippen LogP contribution in [0.3, 0.4) is 0 Å². The molecule has 0 spiro atoms. The van der Waals surface area contributed by atoms with Gasteiger partial charge in [-0.15, -0.1) is 0 Å². The average molecular weight is 352 g/mol. The predicted molar refractivity (Wildman–Crippen MR) is 81.0 cm³/mol. The smallest absolute Gasteiger partial charge is 0.255 e. The van der Waals surface area contributed by atoms with Crippen LogP contribution in [0.1, 0.15) is 15.9 Å². The van der Waals surface area contributed by atoms with Crippen molar-refractivity contribution in [2.45, 2.75) is 0 Å². The lowest BCUT2D eigenvalue weighted by molar-refractivity contribution is 0.102. The molecule has 0 atom stereocenters. The van der Waals surface area contributed by atoms with Crippen LogP contribution in [-0.2, 0) is 0 Å².